The van der Waals surface area contributed by atoms with Gasteiger partial charge in [-0.3, -0.25) is 18.7 Å². The van der Waals surface area contributed by atoms with Crippen molar-refractivity contribution in [3.8, 4) is 11.3 Å². The van der Waals surface area contributed by atoms with Gasteiger partial charge < -0.3 is 13.7 Å². The van der Waals surface area contributed by atoms with Crippen LogP contribution in [0.2, 0.25) is 0 Å². The molecule has 0 saturated heterocycles. The quantitative estimate of drug-likeness (QED) is 0.310. The summed E-state index contributed by atoms with van der Waals surface area (Å²) in [6.07, 6.45) is 2.47. The highest BCUT2D eigenvalue weighted by Gasteiger charge is 2.15. The van der Waals surface area contributed by atoms with Crippen molar-refractivity contribution in [2.24, 2.45) is 14.1 Å². The molecule has 3 aromatic heterocycles. The predicted molar refractivity (Wildman–Crippen MR) is 118 cm³/mol. The second-order valence-corrected chi connectivity index (χ2v) is 7.53. The molecule has 0 N–H and O–H groups in total. The van der Waals surface area contributed by atoms with Crippen molar-refractivity contribution in [2.75, 3.05) is 6.61 Å². The number of esters is 1. The summed E-state index contributed by atoms with van der Waals surface area (Å²) in [4.78, 5) is 41.3. The molecule has 4 aromatic rings. The number of nitrogens with zero attached hydrogens (tertiary/aromatic N) is 4. The number of carbonyl (C=O) groups excluding carboxylic acids is 1. The number of aryl methyl sites for hydroxylation is 3. The van der Waals surface area contributed by atoms with E-state index in [4.69, 9.17) is 9.15 Å². The van der Waals surface area contributed by atoms with E-state index in [1.807, 2.05) is 42.5 Å². The lowest BCUT2D eigenvalue weighted by molar-refractivity contribution is -0.143. The van der Waals surface area contributed by atoms with Gasteiger partial charge in [-0.2, -0.15) is 0 Å². The molecule has 0 saturated carbocycles. The Morgan fingerprint density at radius 3 is 2.66 bits per heavy atom. The Bertz CT molecular complexity index is 1360. The minimum atomic E-state index is -0.445. The zero-order chi connectivity index (χ0) is 22.7. The molecule has 0 aliphatic carbocycles. The van der Waals surface area contributed by atoms with Crippen molar-refractivity contribution in [3.63, 3.8) is 0 Å². The highest BCUT2D eigenvalue weighted by Crippen LogP contribution is 2.22. The lowest BCUT2D eigenvalue weighted by Gasteiger charge is -2.09. The van der Waals surface area contributed by atoms with Crippen molar-refractivity contribution in [1.82, 2.24) is 18.7 Å². The monoisotopic (exact) mass is 436 g/mol. The summed E-state index contributed by atoms with van der Waals surface area (Å²) in [6, 6.07) is 13.5. The molecule has 166 valence electrons. The number of imidazole rings is 1. The average molecular weight is 436 g/mol. The van der Waals surface area contributed by atoms with Gasteiger partial charge >= 0.3 is 11.7 Å². The van der Waals surface area contributed by atoms with Gasteiger partial charge in [0.05, 0.1) is 19.4 Å². The maximum atomic E-state index is 12.6. The summed E-state index contributed by atoms with van der Waals surface area (Å²) < 4.78 is 15.1. The normalized spacial score (nSPS) is 11.2. The van der Waals surface area contributed by atoms with Crippen molar-refractivity contribution in [2.45, 2.75) is 25.8 Å². The summed E-state index contributed by atoms with van der Waals surface area (Å²) >= 11 is 0. The molecular weight excluding hydrogens is 412 g/mol. The minimum Gasteiger partial charge on any atom is -0.466 e. The number of hydrogen-bond acceptors (Lipinski definition) is 6. The molecule has 0 amide bonds. The first-order valence-corrected chi connectivity index (χ1v) is 10.4. The number of rotatable bonds is 8. The fourth-order valence-corrected chi connectivity index (χ4v) is 3.57. The van der Waals surface area contributed by atoms with Crippen molar-refractivity contribution in [3.05, 3.63) is 75.4 Å². The third-order valence-corrected chi connectivity index (χ3v) is 5.29. The smallest absolute Gasteiger partial charge is 0.332 e. The summed E-state index contributed by atoms with van der Waals surface area (Å²) in [5, 5.41) is 0. The van der Waals surface area contributed by atoms with E-state index in [2.05, 4.69) is 4.98 Å². The molecular formula is C23H24N4O5. The fourth-order valence-electron chi connectivity index (χ4n) is 3.57. The van der Waals surface area contributed by atoms with E-state index in [9.17, 15) is 14.4 Å². The maximum absolute atomic E-state index is 12.6. The van der Waals surface area contributed by atoms with Crippen molar-refractivity contribution < 1.29 is 13.9 Å². The summed E-state index contributed by atoms with van der Waals surface area (Å²) in [7, 11) is 3.28. The number of furan rings is 1. The second kappa shape index (κ2) is 9.09. The number of aromatic nitrogens is 4. The molecule has 9 heteroatoms. The predicted octanol–water partition coefficient (Wildman–Crippen LogP) is 2.26. The van der Waals surface area contributed by atoms with Crippen LogP contribution in [-0.2, 0) is 36.6 Å². The van der Waals surface area contributed by atoms with Gasteiger partial charge in [0.25, 0.3) is 5.56 Å². The first-order valence-electron chi connectivity index (χ1n) is 10.4. The molecule has 0 bridgehead atoms. The van der Waals surface area contributed by atoms with E-state index in [0.29, 0.717) is 29.8 Å². The van der Waals surface area contributed by atoms with Crippen LogP contribution in [-0.4, -0.2) is 31.3 Å². The van der Waals surface area contributed by atoms with Gasteiger partial charge in [0, 0.05) is 32.6 Å². The lowest BCUT2D eigenvalue weighted by Crippen LogP contribution is -2.39. The number of fused-ring (bicyclic) bond motifs is 1. The zero-order valence-electron chi connectivity index (χ0n) is 18.0. The van der Waals surface area contributed by atoms with Crippen LogP contribution >= 0.6 is 0 Å². The molecule has 32 heavy (non-hydrogen) atoms. The van der Waals surface area contributed by atoms with Crippen LogP contribution in [0.5, 0.6) is 0 Å². The molecule has 3 heterocycles. The van der Waals surface area contributed by atoms with Gasteiger partial charge in [-0.15, -0.1) is 0 Å². The first kappa shape index (κ1) is 21.4. The van der Waals surface area contributed by atoms with Gasteiger partial charge in [-0.05, 0) is 18.6 Å². The highest BCUT2D eigenvalue weighted by molar-refractivity contribution is 5.70. The standard InChI is InChI=1S/C23H24N4O5/c1-25-15-24-21-20(25)22(29)27(23(30)26(21)2)13-6-14-31-19(28)12-10-17-9-11-18(32-17)16-7-4-3-5-8-16/h3-5,7-9,11,15H,6,10,12-14H2,1-2H3. The van der Waals surface area contributed by atoms with Crippen molar-refractivity contribution >= 4 is 17.1 Å². The van der Waals surface area contributed by atoms with Crippen LogP contribution in [0.1, 0.15) is 18.6 Å². The number of ether oxygens (including phenoxy) is 1. The molecule has 0 radical (unpaired) electrons. The summed E-state index contributed by atoms with van der Waals surface area (Å²) in [5.74, 6) is 1.11. The third-order valence-electron chi connectivity index (χ3n) is 5.29. The van der Waals surface area contributed by atoms with E-state index in [0.717, 1.165) is 15.9 Å². The second-order valence-electron chi connectivity index (χ2n) is 7.53. The fraction of sp³-hybridized carbons (Fsp3) is 0.304. The Labute approximate surface area is 183 Å². The van der Waals surface area contributed by atoms with Crippen LogP contribution in [0.15, 0.2) is 62.8 Å². The van der Waals surface area contributed by atoms with Crippen LogP contribution in [0.25, 0.3) is 22.5 Å². The number of carbonyl (C=O) groups is 1. The molecule has 0 aliphatic heterocycles. The first-order chi connectivity index (χ1) is 15.5. The van der Waals surface area contributed by atoms with Gasteiger partial charge in [-0.25, -0.2) is 9.78 Å². The van der Waals surface area contributed by atoms with Crippen LogP contribution < -0.4 is 11.2 Å². The summed E-state index contributed by atoms with van der Waals surface area (Å²) in [5.41, 5.74) is 0.837. The minimum absolute atomic E-state index is 0.116. The Hall–Kier alpha value is -3.88. The molecule has 9 nitrogen and oxygen atoms in total. The Balaban J connectivity index is 1.28. The van der Waals surface area contributed by atoms with E-state index < -0.39 is 11.2 Å². The Kier molecular flexibility index (Phi) is 6.07. The molecule has 1 aromatic carbocycles. The molecule has 0 fully saturated rings. The molecule has 0 aliphatic rings. The topological polar surface area (TPSA) is 101 Å². The van der Waals surface area contributed by atoms with Gasteiger partial charge in [0.15, 0.2) is 11.2 Å². The van der Waals surface area contributed by atoms with E-state index in [1.54, 1.807) is 18.7 Å². The van der Waals surface area contributed by atoms with E-state index in [-0.39, 0.29) is 25.5 Å². The molecule has 4 rings (SSSR count). The van der Waals surface area contributed by atoms with Gasteiger partial charge in [-0.1, -0.05) is 30.3 Å². The number of benzene rings is 1. The third kappa shape index (κ3) is 4.27. The van der Waals surface area contributed by atoms with Crippen LogP contribution in [0, 0.1) is 0 Å². The number of hydrogen-bond donors (Lipinski definition) is 0. The summed E-state index contributed by atoms with van der Waals surface area (Å²) in [6.45, 7) is 0.268. The van der Waals surface area contributed by atoms with Crippen LogP contribution in [0.4, 0.5) is 0 Å². The van der Waals surface area contributed by atoms with Gasteiger partial charge in [0.2, 0.25) is 0 Å². The lowest BCUT2D eigenvalue weighted by atomic mass is 10.2. The maximum Gasteiger partial charge on any atom is 0.332 e. The Morgan fingerprint density at radius 2 is 1.88 bits per heavy atom. The van der Waals surface area contributed by atoms with E-state index >= 15 is 0 Å². The van der Waals surface area contributed by atoms with Gasteiger partial charge in [0.1, 0.15) is 11.5 Å². The average Bonchev–Trinajstić information content (AvgIpc) is 3.43. The Morgan fingerprint density at radius 1 is 1.09 bits per heavy atom. The largest absolute Gasteiger partial charge is 0.466 e. The molecule has 0 spiro atoms. The SMILES string of the molecule is Cn1cnc2c1c(=O)n(CCCOC(=O)CCc1ccc(-c3ccccc3)o1)c(=O)n2C. The highest BCUT2D eigenvalue weighted by atomic mass is 16.5. The molecule has 0 unspecified atom stereocenters. The van der Waals surface area contributed by atoms with Crippen molar-refractivity contribution in [1.29, 1.82) is 0 Å². The molecule has 0 atom stereocenters. The van der Waals surface area contributed by atoms with E-state index in [1.165, 1.54) is 10.9 Å². The van der Waals surface area contributed by atoms with Crippen LogP contribution in [0.3, 0.4) is 0 Å². The zero-order valence-corrected chi connectivity index (χ0v) is 18.0.